The molecule has 1 aromatic carbocycles. The molecule has 0 atom stereocenters. The van der Waals surface area contributed by atoms with Gasteiger partial charge in [-0.1, -0.05) is 29.8 Å². The summed E-state index contributed by atoms with van der Waals surface area (Å²) in [6, 6.07) is 10.2. The lowest BCUT2D eigenvalue weighted by Gasteiger charge is -2.04. The SMILES string of the molecule is Cc1cccc(CSCC(=O)NCc2ccn[nH]2)c1. The van der Waals surface area contributed by atoms with Gasteiger partial charge in [-0.25, -0.2) is 0 Å². The number of benzene rings is 1. The minimum absolute atomic E-state index is 0.0484. The van der Waals surface area contributed by atoms with Crippen molar-refractivity contribution in [3.8, 4) is 0 Å². The maximum Gasteiger partial charge on any atom is 0.230 e. The lowest BCUT2D eigenvalue weighted by Crippen LogP contribution is -2.24. The molecule has 100 valence electrons. The molecule has 0 unspecified atom stereocenters. The summed E-state index contributed by atoms with van der Waals surface area (Å²) in [6.07, 6.45) is 1.67. The summed E-state index contributed by atoms with van der Waals surface area (Å²) < 4.78 is 0. The van der Waals surface area contributed by atoms with Crippen molar-refractivity contribution in [1.29, 1.82) is 0 Å². The van der Waals surface area contributed by atoms with E-state index in [1.807, 2.05) is 12.1 Å². The van der Waals surface area contributed by atoms with E-state index in [4.69, 9.17) is 0 Å². The van der Waals surface area contributed by atoms with E-state index in [0.717, 1.165) is 11.4 Å². The Kier molecular flexibility index (Phi) is 5.03. The highest BCUT2D eigenvalue weighted by Crippen LogP contribution is 2.13. The third-order valence-electron chi connectivity index (χ3n) is 2.62. The molecule has 4 nitrogen and oxygen atoms in total. The predicted molar refractivity (Wildman–Crippen MR) is 77.8 cm³/mol. The standard InChI is InChI=1S/C14H17N3OS/c1-11-3-2-4-12(7-11)9-19-10-14(18)15-8-13-5-6-16-17-13/h2-7H,8-10H2,1H3,(H,15,18)(H,16,17). The van der Waals surface area contributed by atoms with Gasteiger partial charge in [0.15, 0.2) is 0 Å². The molecular weight excluding hydrogens is 258 g/mol. The Morgan fingerprint density at radius 1 is 1.42 bits per heavy atom. The van der Waals surface area contributed by atoms with Crippen LogP contribution < -0.4 is 5.32 Å². The monoisotopic (exact) mass is 275 g/mol. The number of carbonyl (C=O) groups is 1. The average molecular weight is 275 g/mol. The van der Waals surface area contributed by atoms with Gasteiger partial charge < -0.3 is 5.32 Å². The quantitative estimate of drug-likeness (QED) is 0.850. The molecule has 0 aliphatic heterocycles. The lowest BCUT2D eigenvalue weighted by atomic mass is 10.2. The number of aromatic nitrogens is 2. The first-order valence-corrected chi connectivity index (χ1v) is 7.28. The fraction of sp³-hybridized carbons (Fsp3) is 0.286. The molecular formula is C14H17N3OS. The Labute approximate surface area is 117 Å². The number of nitrogens with zero attached hydrogens (tertiary/aromatic N) is 1. The number of nitrogens with one attached hydrogen (secondary N) is 2. The molecule has 0 aliphatic rings. The van der Waals surface area contributed by atoms with E-state index in [1.165, 1.54) is 11.1 Å². The predicted octanol–water partition coefficient (Wildman–Crippen LogP) is 2.27. The number of carbonyl (C=O) groups excluding carboxylic acids is 1. The van der Waals surface area contributed by atoms with Crippen molar-refractivity contribution < 1.29 is 4.79 Å². The third kappa shape index (κ3) is 4.79. The number of rotatable bonds is 6. The highest BCUT2D eigenvalue weighted by Gasteiger charge is 2.02. The van der Waals surface area contributed by atoms with Gasteiger partial charge in [0.1, 0.15) is 0 Å². The lowest BCUT2D eigenvalue weighted by molar-refractivity contribution is -0.118. The molecule has 2 rings (SSSR count). The first kappa shape index (κ1) is 13.7. The summed E-state index contributed by atoms with van der Waals surface area (Å²) in [6.45, 7) is 2.58. The minimum Gasteiger partial charge on any atom is -0.350 e. The van der Waals surface area contributed by atoms with Gasteiger partial charge in [0, 0.05) is 11.9 Å². The molecule has 0 bridgehead atoms. The van der Waals surface area contributed by atoms with Crippen LogP contribution in [-0.4, -0.2) is 21.9 Å². The third-order valence-corrected chi connectivity index (χ3v) is 3.62. The van der Waals surface area contributed by atoms with Gasteiger partial charge >= 0.3 is 0 Å². The summed E-state index contributed by atoms with van der Waals surface area (Å²) >= 11 is 1.62. The van der Waals surface area contributed by atoms with E-state index >= 15 is 0 Å². The Morgan fingerprint density at radius 3 is 3.05 bits per heavy atom. The zero-order valence-corrected chi connectivity index (χ0v) is 11.7. The van der Waals surface area contributed by atoms with E-state index in [1.54, 1.807) is 18.0 Å². The number of hydrogen-bond acceptors (Lipinski definition) is 3. The van der Waals surface area contributed by atoms with Gasteiger partial charge in [-0.15, -0.1) is 11.8 Å². The van der Waals surface area contributed by atoms with Gasteiger partial charge in [0.05, 0.1) is 18.0 Å². The number of aromatic amines is 1. The molecule has 5 heteroatoms. The number of aryl methyl sites for hydroxylation is 1. The molecule has 1 heterocycles. The second-order valence-corrected chi connectivity index (χ2v) is 5.33. The Morgan fingerprint density at radius 2 is 2.32 bits per heavy atom. The van der Waals surface area contributed by atoms with Gasteiger partial charge in [0.2, 0.25) is 5.91 Å². The summed E-state index contributed by atoms with van der Waals surface area (Å²) in [5.74, 6) is 1.38. The van der Waals surface area contributed by atoms with Crippen molar-refractivity contribution in [1.82, 2.24) is 15.5 Å². The molecule has 0 fully saturated rings. The average Bonchev–Trinajstić information content (AvgIpc) is 2.89. The van der Waals surface area contributed by atoms with Crippen LogP contribution in [-0.2, 0) is 17.1 Å². The zero-order valence-electron chi connectivity index (χ0n) is 10.8. The van der Waals surface area contributed by atoms with Crippen molar-refractivity contribution in [2.24, 2.45) is 0 Å². The molecule has 2 aromatic rings. The van der Waals surface area contributed by atoms with Gasteiger partial charge in [-0.2, -0.15) is 5.10 Å². The van der Waals surface area contributed by atoms with Crippen LogP contribution in [0.5, 0.6) is 0 Å². The van der Waals surface area contributed by atoms with Crippen LogP contribution in [0.3, 0.4) is 0 Å². The summed E-state index contributed by atoms with van der Waals surface area (Å²) in [4.78, 5) is 11.6. The van der Waals surface area contributed by atoms with Crippen LogP contribution in [0.2, 0.25) is 0 Å². The maximum atomic E-state index is 11.6. The van der Waals surface area contributed by atoms with Crippen LogP contribution in [0.15, 0.2) is 36.5 Å². The first-order chi connectivity index (χ1) is 9.24. The van der Waals surface area contributed by atoms with Crippen molar-refractivity contribution in [3.05, 3.63) is 53.3 Å². The van der Waals surface area contributed by atoms with Crippen LogP contribution in [0.25, 0.3) is 0 Å². The molecule has 0 spiro atoms. The van der Waals surface area contributed by atoms with Crippen LogP contribution >= 0.6 is 11.8 Å². The largest absolute Gasteiger partial charge is 0.350 e. The first-order valence-electron chi connectivity index (χ1n) is 6.12. The van der Waals surface area contributed by atoms with Crippen molar-refractivity contribution in [2.75, 3.05) is 5.75 Å². The molecule has 0 saturated heterocycles. The number of hydrogen-bond donors (Lipinski definition) is 2. The van der Waals surface area contributed by atoms with Gasteiger partial charge in [-0.3, -0.25) is 9.89 Å². The summed E-state index contributed by atoms with van der Waals surface area (Å²) in [5.41, 5.74) is 3.42. The molecule has 1 aromatic heterocycles. The molecule has 2 N–H and O–H groups in total. The van der Waals surface area contributed by atoms with Crippen LogP contribution in [0, 0.1) is 6.92 Å². The van der Waals surface area contributed by atoms with Crippen molar-refractivity contribution in [3.63, 3.8) is 0 Å². The van der Waals surface area contributed by atoms with E-state index in [-0.39, 0.29) is 5.91 Å². The van der Waals surface area contributed by atoms with E-state index in [2.05, 4.69) is 40.6 Å². The second kappa shape index (κ2) is 6.99. The Hall–Kier alpha value is -1.75. The summed E-state index contributed by atoms with van der Waals surface area (Å²) in [7, 11) is 0. The maximum absolute atomic E-state index is 11.6. The van der Waals surface area contributed by atoms with E-state index < -0.39 is 0 Å². The fourth-order valence-electron chi connectivity index (χ4n) is 1.69. The Balaban J connectivity index is 1.66. The topological polar surface area (TPSA) is 57.8 Å². The van der Waals surface area contributed by atoms with E-state index in [0.29, 0.717) is 12.3 Å². The molecule has 19 heavy (non-hydrogen) atoms. The Bertz CT molecular complexity index is 525. The number of thioether (sulfide) groups is 1. The van der Waals surface area contributed by atoms with Crippen LogP contribution in [0.4, 0.5) is 0 Å². The van der Waals surface area contributed by atoms with Crippen molar-refractivity contribution in [2.45, 2.75) is 19.2 Å². The molecule has 1 amide bonds. The summed E-state index contributed by atoms with van der Waals surface area (Å²) in [5, 5.41) is 9.49. The molecule has 0 saturated carbocycles. The van der Waals surface area contributed by atoms with E-state index in [9.17, 15) is 4.79 Å². The molecule has 0 radical (unpaired) electrons. The number of H-pyrrole nitrogens is 1. The fourth-order valence-corrected chi connectivity index (χ4v) is 2.50. The molecule has 0 aliphatic carbocycles. The smallest absolute Gasteiger partial charge is 0.230 e. The minimum atomic E-state index is 0.0484. The number of amides is 1. The highest BCUT2D eigenvalue weighted by molar-refractivity contribution is 7.99. The van der Waals surface area contributed by atoms with Gasteiger partial charge in [0.25, 0.3) is 0 Å². The van der Waals surface area contributed by atoms with Crippen LogP contribution in [0.1, 0.15) is 16.8 Å². The second-order valence-electron chi connectivity index (χ2n) is 4.34. The van der Waals surface area contributed by atoms with Crippen molar-refractivity contribution >= 4 is 17.7 Å². The van der Waals surface area contributed by atoms with Gasteiger partial charge in [-0.05, 0) is 18.6 Å². The normalized spacial score (nSPS) is 10.4. The zero-order chi connectivity index (χ0) is 13.5. The highest BCUT2D eigenvalue weighted by atomic mass is 32.2.